The zero-order valence-electron chi connectivity index (χ0n) is 18.9. The first-order chi connectivity index (χ1) is 15.3. The van der Waals surface area contributed by atoms with Gasteiger partial charge >= 0.3 is 5.69 Å². The summed E-state index contributed by atoms with van der Waals surface area (Å²) in [5.74, 6) is 1.29. The molecule has 0 saturated heterocycles. The fraction of sp³-hybridized carbons (Fsp3) is 0.320. The number of methoxy groups -OCH3 is 2. The molecular weight excluding hydrogens is 406 g/mol. The van der Waals surface area contributed by atoms with Crippen molar-refractivity contribution in [2.24, 2.45) is 0 Å². The molecule has 0 amide bonds. The van der Waals surface area contributed by atoms with Crippen LogP contribution in [0.25, 0.3) is 10.9 Å². The number of aromatic amines is 1. The molecule has 0 bridgehead atoms. The maximum Gasteiger partial charge on any atom is 0.332 e. The smallest absolute Gasteiger partial charge is 0.332 e. The number of H-pyrrole nitrogens is 1. The molecule has 4 aromatic rings. The summed E-state index contributed by atoms with van der Waals surface area (Å²) in [7, 11) is 3.21. The fourth-order valence-electron chi connectivity index (χ4n) is 4.87. The van der Waals surface area contributed by atoms with Gasteiger partial charge in [0.15, 0.2) is 0 Å². The van der Waals surface area contributed by atoms with Crippen molar-refractivity contribution in [1.82, 2.24) is 14.1 Å². The molecule has 5 rings (SSSR count). The predicted molar refractivity (Wildman–Crippen MR) is 123 cm³/mol. The first kappa shape index (κ1) is 20.3. The van der Waals surface area contributed by atoms with Crippen molar-refractivity contribution in [2.75, 3.05) is 14.2 Å². The molecule has 1 aliphatic rings. The Morgan fingerprint density at radius 1 is 1.09 bits per heavy atom. The number of ether oxygens (including phenoxy) is 2. The monoisotopic (exact) mass is 433 g/mol. The Bertz CT molecular complexity index is 1400. The van der Waals surface area contributed by atoms with E-state index in [2.05, 4.69) is 11.1 Å². The molecule has 2 N–H and O–H groups in total. The highest BCUT2D eigenvalue weighted by atomic mass is 16.5. The second kappa shape index (κ2) is 6.95. The third-order valence-electron chi connectivity index (χ3n) is 6.29. The van der Waals surface area contributed by atoms with Gasteiger partial charge < -0.3 is 19.6 Å². The molecule has 32 heavy (non-hydrogen) atoms. The third kappa shape index (κ3) is 2.77. The van der Waals surface area contributed by atoms with E-state index >= 15 is 0 Å². The lowest BCUT2D eigenvalue weighted by molar-refractivity contribution is 0.315. The molecule has 7 heteroatoms. The highest BCUT2D eigenvalue weighted by Crippen LogP contribution is 2.44. The largest absolute Gasteiger partial charge is 0.497 e. The summed E-state index contributed by atoms with van der Waals surface area (Å²) in [4.78, 5) is 17.2. The number of imidazole rings is 1. The quantitative estimate of drug-likeness (QED) is 0.448. The molecule has 0 spiro atoms. The van der Waals surface area contributed by atoms with E-state index in [9.17, 15) is 9.90 Å². The van der Waals surface area contributed by atoms with E-state index < -0.39 is 11.6 Å². The highest BCUT2D eigenvalue weighted by molar-refractivity contribution is 5.86. The van der Waals surface area contributed by atoms with Crippen molar-refractivity contribution in [3.63, 3.8) is 0 Å². The van der Waals surface area contributed by atoms with Gasteiger partial charge in [0.05, 0.1) is 19.9 Å². The van der Waals surface area contributed by atoms with Crippen molar-refractivity contribution < 1.29 is 14.6 Å². The number of aromatic nitrogens is 3. The lowest BCUT2D eigenvalue weighted by Crippen LogP contribution is -2.37. The van der Waals surface area contributed by atoms with E-state index in [0.717, 1.165) is 27.7 Å². The summed E-state index contributed by atoms with van der Waals surface area (Å²) in [5.41, 5.74) is 3.59. The fourth-order valence-corrected chi connectivity index (χ4v) is 4.87. The molecule has 3 heterocycles. The Hall–Kier alpha value is -3.61. The van der Waals surface area contributed by atoms with Crippen LogP contribution in [-0.4, -0.2) is 33.4 Å². The third-order valence-corrected chi connectivity index (χ3v) is 6.29. The number of para-hydroxylation sites is 1. The van der Waals surface area contributed by atoms with Crippen LogP contribution in [0.1, 0.15) is 49.3 Å². The van der Waals surface area contributed by atoms with E-state index in [4.69, 9.17) is 9.47 Å². The van der Waals surface area contributed by atoms with Crippen LogP contribution in [0.3, 0.4) is 0 Å². The van der Waals surface area contributed by atoms with Crippen LogP contribution < -0.4 is 15.2 Å². The summed E-state index contributed by atoms with van der Waals surface area (Å²) in [6.45, 7) is 5.74. The lowest BCUT2D eigenvalue weighted by Gasteiger charge is -2.27. The molecule has 166 valence electrons. The van der Waals surface area contributed by atoms with Crippen LogP contribution in [0, 0.1) is 0 Å². The number of aromatic hydroxyl groups is 1. The van der Waals surface area contributed by atoms with Gasteiger partial charge in [-0.2, -0.15) is 0 Å². The van der Waals surface area contributed by atoms with Gasteiger partial charge in [-0.05, 0) is 44.5 Å². The van der Waals surface area contributed by atoms with E-state index in [1.54, 1.807) is 18.8 Å². The van der Waals surface area contributed by atoms with Gasteiger partial charge in [0.1, 0.15) is 17.5 Å². The van der Waals surface area contributed by atoms with Crippen molar-refractivity contribution in [3.8, 4) is 17.4 Å². The minimum absolute atomic E-state index is 0.0101. The minimum atomic E-state index is -0.574. The molecule has 2 aromatic carbocycles. The maximum absolute atomic E-state index is 13.7. The second-order valence-electron chi connectivity index (χ2n) is 9.18. The SMILES string of the molecule is COc1ccc([C@H]2c3[nH]c4ccccc4c3Cc3c(O)n(C(C)(C)C)c(=O)n32)c(OC)c1. The molecule has 2 aromatic heterocycles. The van der Waals surface area contributed by atoms with Crippen LogP contribution >= 0.6 is 0 Å². The van der Waals surface area contributed by atoms with Gasteiger partial charge in [0.25, 0.3) is 0 Å². The van der Waals surface area contributed by atoms with E-state index in [0.29, 0.717) is 23.6 Å². The van der Waals surface area contributed by atoms with Gasteiger partial charge in [0, 0.05) is 40.2 Å². The number of benzene rings is 2. The molecule has 0 unspecified atom stereocenters. The van der Waals surface area contributed by atoms with Crippen molar-refractivity contribution >= 4 is 10.9 Å². The highest BCUT2D eigenvalue weighted by Gasteiger charge is 2.38. The molecule has 0 fully saturated rings. The van der Waals surface area contributed by atoms with Crippen molar-refractivity contribution in [2.45, 2.75) is 38.8 Å². The Kier molecular flexibility index (Phi) is 4.41. The predicted octanol–water partition coefficient (Wildman–Crippen LogP) is 4.15. The van der Waals surface area contributed by atoms with Gasteiger partial charge in [-0.15, -0.1) is 0 Å². The first-order valence-corrected chi connectivity index (χ1v) is 10.6. The Morgan fingerprint density at radius 2 is 1.84 bits per heavy atom. The Labute approximate surface area is 185 Å². The summed E-state index contributed by atoms with van der Waals surface area (Å²) < 4.78 is 14.3. The number of hydrogen-bond donors (Lipinski definition) is 2. The van der Waals surface area contributed by atoms with Gasteiger partial charge in [-0.25, -0.2) is 4.79 Å². The van der Waals surface area contributed by atoms with E-state index in [1.165, 1.54) is 4.57 Å². The molecule has 1 atom stereocenters. The topological polar surface area (TPSA) is 81.4 Å². The second-order valence-corrected chi connectivity index (χ2v) is 9.18. The first-order valence-electron chi connectivity index (χ1n) is 10.6. The average molecular weight is 434 g/mol. The van der Waals surface area contributed by atoms with Crippen LogP contribution in [-0.2, 0) is 12.0 Å². The summed E-state index contributed by atoms with van der Waals surface area (Å²) in [6, 6.07) is 13.2. The van der Waals surface area contributed by atoms with Crippen LogP contribution in [0.5, 0.6) is 17.4 Å². The normalized spacial score (nSPS) is 15.5. The van der Waals surface area contributed by atoms with E-state index in [-0.39, 0.29) is 11.6 Å². The Balaban J connectivity index is 1.87. The molecule has 0 radical (unpaired) electrons. The minimum Gasteiger partial charge on any atom is -0.497 e. The standard InChI is InChI=1S/C25H27N3O4/c1-25(2,3)28-23(29)19-13-17-15-8-6-7-9-18(15)26-21(17)22(27(19)24(28)30)16-11-10-14(31-4)12-20(16)32-5/h6-12,22,26,29H,13H2,1-5H3/t22-/m0/s1. The summed E-state index contributed by atoms with van der Waals surface area (Å²) in [5, 5.41) is 12.3. The number of fused-ring (bicyclic) bond motifs is 4. The molecule has 7 nitrogen and oxygen atoms in total. The summed E-state index contributed by atoms with van der Waals surface area (Å²) >= 11 is 0. The summed E-state index contributed by atoms with van der Waals surface area (Å²) in [6.07, 6.45) is 0.457. The van der Waals surface area contributed by atoms with Crippen LogP contribution in [0.15, 0.2) is 47.3 Å². The molecule has 0 aliphatic carbocycles. The van der Waals surface area contributed by atoms with Gasteiger partial charge in [-0.1, -0.05) is 18.2 Å². The number of nitrogens with zero attached hydrogens (tertiary/aromatic N) is 2. The number of nitrogens with one attached hydrogen (secondary N) is 1. The molecule has 1 aliphatic heterocycles. The van der Waals surface area contributed by atoms with Crippen LogP contribution in [0.4, 0.5) is 0 Å². The molecular formula is C25H27N3O4. The van der Waals surface area contributed by atoms with Gasteiger partial charge in [0.2, 0.25) is 5.88 Å². The maximum atomic E-state index is 13.7. The number of rotatable bonds is 3. The zero-order valence-corrected chi connectivity index (χ0v) is 18.9. The molecule has 0 saturated carbocycles. The zero-order chi connectivity index (χ0) is 22.8. The number of hydrogen-bond acceptors (Lipinski definition) is 4. The Morgan fingerprint density at radius 3 is 2.53 bits per heavy atom. The van der Waals surface area contributed by atoms with Crippen molar-refractivity contribution in [3.05, 3.63) is 75.5 Å². The van der Waals surface area contributed by atoms with Gasteiger partial charge in [-0.3, -0.25) is 9.13 Å². The van der Waals surface area contributed by atoms with Crippen molar-refractivity contribution in [1.29, 1.82) is 0 Å². The van der Waals surface area contributed by atoms with Crippen LogP contribution in [0.2, 0.25) is 0 Å². The van der Waals surface area contributed by atoms with E-state index in [1.807, 2.05) is 57.2 Å². The average Bonchev–Trinajstić information content (AvgIpc) is 3.26. The lowest BCUT2D eigenvalue weighted by atomic mass is 9.92.